The van der Waals surface area contributed by atoms with Crippen molar-refractivity contribution in [2.75, 3.05) is 5.32 Å². The van der Waals surface area contributed by atoms with E-state index in [1.807, 2.05) is 25.1 Å². The predicted octanol–water partition coefficient (Wildman–Crippen LogP) is 4.42. The minimum absolute atomic E-state index is 0.554. The molecule has 0 unspecified atom stereocenters. The van der Waals surface area contributed by atoms with Crippen LogP contribution in [0.5, 0.6) is 0 Å². The fraction of sp³-hybridized carbons (Fsp3) is 0.154. The Morgan fingerprint density at radius 2 is 2.18 bits per heavy atom. The highest BCUT2D eigenvalue weighted by Gasteiger charge is 1.99. The Morgan fingerprint density at radius 1 is 1.35 bits per heavy atom. The van der Waals surface area contributed by atoms with Gasteiger partial charge in [-0.25, -0.2) is 4.98 Å². The van der Waals surface area contributed by atoms with E-state index in [1.165, 1.54) is 5.56 Å². The Morgan fingerprint density at radius 3 is 2.88 bits per heavy atom. The van der Waals surface area contributed by atoms with Crippen molar-refractivity contribution in [1.82, 2.24) is 4.98 Å². The number of pyridine rings is 1. The number of benzene rings is 1. The van der Waals surface area contributed by atoms with Crippen LogP contribution in [0, 0.1) is 6.92 Å². The highest BCUT2D eigenvalue weighted by molar-refractivity contribution is 9.10. The molecule has 2 nitrogen and oxygen atoms in total. The molecule has 2 rings (SSSR count). The van der Waals surface area contributed by atoms with Gasteiger partial charge in [0.25, 0.3) is 0 Å². The molecule has 2 aromatic rings. The van der Waals surface area contributed by atoms with Gasteiger partial charge in [0.15, 0.2) is 0 Å². The van der Waals surface area contributed by atoms with E-state index < -0.39 is 0 Å². The third-order valence-electron chi connectivity index (χ3n) is 2.40. The van der Waals surface area contributed by atoms with Gasteiger partial charge in [-0.2, -0.15) is 0 Å². The molecule has 1 N–H and O–H groups in total. The first-order valence-corrected chi connectivity index (χ1v) is 6.43. The first-order valence-electron chi connectivity index (χ1n) is 5.25. The van der Waals surface area contributed by atoms with Gasteiger partial charge in [-0.05, 0) is 36.2 Å². The van der Waals surface area contributed by atoms with E-state index in [2.05, 4.69) is 38.4 Å². The van der Waals surface area contributed by atoms with Crippen LogP contribution in [0.3, 0.4) is 0 Å². The van der Waals surface area contributed by atoms with E-state index in [0.717, 1.165) is 22.3 Å². The zero-order valence-electron chi connectivity index (χ0n) is 9.37. The Labute approximate surface area is 114 Å². The van der Waals surface area contributed by atoms with E-state index in [9.17, 15) is 0 Å². The van der Waals surface area contributed by atoms with Crippen LogP contribution in [-0.2, 0) is 6.54 Å². The topological polar surface area (TPSA) is 24.9 Å². The third-order valence-corrected chi connectivity index (χ3v) is 3.29. The summed E-state index contributed by atoms with van der Waals surface area (Å²) < 4.78 is 1.09. The molecule has 0 saturated carbocycles. The highest BCUT2D eigenvalue weighted by atomic mass is 79.9. The maximum Gasteiger partial charge on any atom is 0.132 e. The van der Waals surface area contributed by atoms with Crippen LogP contribution >= 0.6 is 27.5 Å². The fourth-order valence-corrected chi connectivity index (χ4v) is 2.06. The number of hydrogen-bond donors (Lipinski definition) is 1. The standard InChI is InChI=1S/C13H12BrClN2/c1-9-5-12(8-17-13(9)15)16-7-10-3-2-4-11(14)6-10/h2-6,8,16H,7H2,1H3. The summed E-state index contributed by atoms with van der Waals surface area (Å²) in [4.78, 5) is 4.10. The van der Waals surface area contributed by atoms with Gasteiger partial charge in [0, 0.05) is 11.0 Å². The number of anilines is 1. The molecular formula is C13H12BrClN2. The minimum Gasteiger partial charge on any atom is -0.380 e. The van der Waals surface area contributed by atoms with Gasteiger partial charge in [0.2, 0.25) is 0 Å². The van der Waals surface area contributed by atoms with Gasteiger partial charge < -0.3 is 5.32 Å². The SMILES string of the molecule is Cc1cc(NCc2cccc(Br)c2)cnc1Cl. The van der Waals surface area contributed by atoms with Gasteiger partial charge in [0.05, 0.1) is 11.9 Å². The molecule has 0 saturated heterocycles. The Hall–Kier alpha value is -1.06. The molecule has 0 amide bonds. The Balaban J connectivity index is 2.05. The predicted molar refractivity (Wildman–Crippen MR) is 75.5 cm³/mol. The van der Waals surface area contributed by atoms with E-state index in [0.29, 0.717) is 5.15 Å². The molecule has 4 heteroatoms. The molecule has 0 atom stereocenters. The molecule has 0 aliphatic rings. The molecule has 0 bridgehead atoms. The number of aromatic nitrogens is 1. The van der Waals surface area contributed by atoms with Crippen molar-refractivity contribution >= 4 is 33.2 Å². The number of hydrogen-bond acceptors (Lipinski definition) is 2. The van der Waals surface area contributed by atoms with Crippen LogP contribution in [-0.4, -0.2) is 4.98 Å². The van der Waals surface area contributed by atoms with Crippen molar-refractivity contribution < 1.29 is 0 Å². The first kappa shape index (κ1) is 12.4. The number of aryl methyl sites for hydroxylation is 1. The quantitative estimate of drug-likeness (QED) is 0.849. The van der Waals surface area contributed by atoms with Gasteiger partial charge in [-0.1, -0.05) is 39.7 Å². The summed E-state index contributed by atoms with van der Waals surface area (Å²) in [5.41, 5.74) is 3.17. The summed E-state index contributed by atoms with van der Waals surface area (Å²) >= 11 is 9.33. The van der Waals surface area contributed by atoms with Crippen LogP contribution in [0.1, 0.15) is 11.1 Å². The maximum absolute atomic E-state index is 5.87. The van der Waals surface area contributed by atoms with Crippen molar-refractivity contribution in [2.24, 2.45) is 0 Å². The zero-order chi connectivity index (χ0) is 12.3. The molecule has 0 fully saturated rings. The van der Waals surface area contributed by atoms with Crippen LogP contribution < -0.4 is 5.32 Å². The smallest absolute Gasteiger partial charge is 0.132 e. The van der Waals surface area contributed by atoms with Crippen LogP contribution in [0.25, 0.3) is 0 Å². The lowest BCUT2D eigenvalue weighted by Gasteiger charge is -2.07. The number of nitrogens with one attached hydrogen (secondary N) is 1. The summed E-state index contributed by atoms with van der Waals surface area (Å²) in [6.45, 7) is 2.71. The van der Waals surface area contributed by atoms with Crippen molar-refractivity contribution in [3.8, 4) is 0 Å². The van der Waals surface area contributed by atoms with Gasteiger partial charge in [-0.15, -0.1) is 0 Å². The lowest BCUT2D eigenvalue weighted by molar-refractivity contribution is 1.13. The van der Waals surface area contributed by atoms with Crippen molar-refractivity contribution in [3.63, 3.8) is 0 Å². The maximum atomic E-state index is 5.87. The number of nitrogens with zero attached hydrogens (tertiary/aromatic N) is 1. The molecule has 1 aromatic carbocycles. The van der Waals surface area contributed by atoms with Crippen LogP contribution in [0.15, 0.2) is 41.0 Å². The molecule has 0 radical (unpaired) electrons. The van der Waals surface area contributed by atoms with E-state index in [1.54, 1.807) is 6.20 Å². The second kappa shape index (κ2) is 5.52. The van der Waals surface area contributed by atoms with Gasteiger partial charge >= 0.3 is 0 Å². The Bertz CT molecular complexity index is 529. The molecule has 88 valence electrons. The van der Waals surface area contributed by atoms with Gasteiger partial charge in [0.1, 0.15) is 5.15 Å². The molecular weight excluding hydrogens is 300 g/mol. The minimum atomic E-state index is 0.554. The molecule has 0 spiro atoms. The lowest BCUT2D eigenvalue weighted by Crippen LogP contribution is -2.00. The van der Waals surface area contributed by atoms with E-state index >= 15 is 0 Å². The van der Waals surface area contributed by atoms with Crippen LogP contribution in [0.2, 0.25) is 5.15 Å². The summed E-state index contributed by atoms with van der Waals surface area (Å²) in [7, 11) is 0. The van der Waals surface area contributed by atoms with Crippen molar-refractivity contribution in [3.05, 3.63) is 57.3 Å². The molecule has 1 aromatic heterocycles. The summed E-state index contributed by atoms with van der Waals surface area (Å²) in [6.07, 6.45) is 1.74. The van der Waals surface area contributed by atoms with Gasteiger partial charge in [-0.3, -0.25) is 0 Å². The van der Waals surface area contributed by atoms with Crippen LogP contribution in [0.4, 0.5) is 5.69 Å². The molecule has 1 heterocycles. The number of rotatable bonds is 3. The average Bonchev–Trinajstić information content (AvgIpc) is 2.31. The van der Waals surface area contributed by atoms with E-state index in [4.69, 9.17) is 11.6 Å². The molecule has 0 aliphatic heterocycles. The Kier molecular flexibility index (Phi) is 4.02. The summed E-state index contributed by atoms with van der Waals surface area (Å²) in [5.74, 6) is 0. The summed E-state index contributed by atoms with van der Waals surface area (Å²) in [6, 6.07) is 10.2. The fourth-order valence-electron chi connectivity index (χ4n) is 1.51. The van der Waals surface area contributed by atoms with E-state index in [-0.39, 0.29) is 0 Å². The first-order chi connectivity index (χ1) is 8.15. The number of halogens is 2. The lowest BCUT2D eigenvalue weighted by atomic mass is 10.2. The zero-order valence-corrected chi connectivity index (χ0v) is 11.7. The largest absolute Gasteiger partial charge is 0.380 e. The monoisotopic (exact) mass is 310 g/mol. The van der Waals surface area contributed by atoms with Crippen molar-refractivity contribution in [1.29, 1.82) is 0 Å². The molecule has 17 heavy (non-hydrogen) atoms. The second-order valence-electron chi connectivity index (χ2n) is 3.82. The average molecular weight is 312 g/mol. The normalized spacial score (nSPS) is 10.3. The van der Waals surface area contributed by atoms with Crippen molar-refractivity contribution in [2.45, 2.75) is 13.5 Å². The third kappa shape index (κ3) is 3.45. The summed E-state index contributed by atoms with van der Waals surface area (Å²) in [5, 5.41) is 3.87. The second-order valence-corrected chi connectivity index (χ2v) is 5.09. The highest BCUT2D eigenvalue weighted by Crippen LogP contribution is 2.17. The molecule has 0 aliphatic carbocycles.